The molecule has 1 unspecified atom stereocenters. The molecule has 3 heterocycles. The number of hydrogen-bond donors (Lipinski definition) is 2. The highest BCUT2D eigenvalue weighted by atomic mass is 16.5. The fourth-order valence-electron chi connectivity index (χ4n) is 4.50. The molecule has 3 aromatic rings. The second kappa shape index (κ2) is 8.46. The topological polar surface area (TPSA) is 92.5 Å². The number of amidine groups is 1. The van der Waals surface area contributed by atoms with Crippen LogP contribution in [0.1, 0.15) is 12.0 Å². The van der Waals surface area contributed by atoms with E-state index >= 15 is 0 Å². The molecule has 1 atom stereocenters. The zero-order chi connectivity index (χ0) is 22.9. The molecular weight excluding hydrogens is 418 g/mol. The highest BCUT2D eigenvalue weighted by molar-refractivity contribution is 6.35. The molecule has 0 saturated carbocycles. The van der Waals surface area contributed by atoms with Crippen LogP contribution >= 0.6 is 0 Å². The van der Waals surface area contributed by atoms with Crippen molar-refractivity contribution in [3.8, 4) is 11.5 Å². The summed E-state index contributed by atoms with van der Waals surface area (Å²) in [5, 5.41) is 12.4. The maximum atomic E-state index is 13.7. The third-order valence-corrected chi connectivity index (χ3v) is 6.14. The van der Waals surface area contributed by atoms with E-state index in [9.17, 15) is 4.79 Å². The molecule has 0 amide bonds. The van der Waals surface area contributed by atoms with Crippen LogP contribution in [0.4, 0.5) is 11.4 Å². The SMILES string of the molecule is COc1cc(OC)cc(N2C(=N)C(=C3Cc4ccccc4N3)C(=O)C2CCn2ccnc2)c1. The fourth-order valence-corrected chi connectivity index (χ4v) is 4.50. The number of benzene rings is 2. The molecule has 2 aliphatic heterocycles. The number of aromatic nitrogens is 2. The van der Waals surface area contributed by atoms with Crippen molar-refractivity contribution in [3.05, 3.63) is 78.0 Å². The Bertz CT molecular complexity index is 1200. The van der Waals surface area contributed by atoms with Crippen LogP contribution in [-0.4, -0.2) is 41.4 Å². The second-order valence-corrected chi connectivity index (χ2v) is 8.07. The van der Waals surface area contributed by atoms with Crippen LogP contribution < -0.4 is 19.7 Å². The zero-order valence-corrected chi connectivity index (χ0v) is 18.5. The number of hydrogen-bond acceptors (Lipinski definition) is 6. The first kappa shape index (κ1) is 20.8. The maximum Gasteiger partial charge on any atom is 0.191 e. The Morgan fingerprint density at radius 1 is 1.15 bits per heavy atom. The first-order chi connectivity index (χ1) is 16.1. The molecule has 0 bridgehead atoms. The number of aryl methyl sites for hydroxylation is 1. The lowest BCUT2D eigenvalue weighted by atomic mass is 10.0. The van der Waals surface area contributed by atoms with E-state index in [-0.39, 0.29) is 11.6 Å². The highest BCUT2D eigenvalue weighted by Crippen LogP contribution is 2.38. The van der Waals surface area contributed by atoms with Crippen LogP contribution in [0.3, 0.4) is 0 Å². The first-order valence-corrected chi connectivity index (χ1v) is 10.8. The van der Waals surface area contributed by atoms with Gasteiger partial charge in [-0.1, -0.05) is 18.2 Å². The van der Waals surface area contributed by atoms with E-state index in [1.807, 2.05) is 47.2 Å². The van der Waals surface area contributed by atoms with Gasteiger partial charge in [0, 0.05) is 54.9 Å². The summed E-state index contributed by atoms with van der Waals surface area (Å²) in [6.07, 6.45) is 6.46. The van der Waals surface area contributed by atoms with Gasteiger partial charge < -0.3 is 24.3 Å². The van der Waals surface area contributed by atoms with Gasteiger partial charge in [0.2, 0.25) is 0 Å². The Hall–Kier alpha value is -4.07. The van der Waals surface area contributed by atoms with Crippen molar-refractivity contribution < 1.29 is 14.3 Å². The monoisotopic (exact) mass is 443 g/mol. The normalized spacial score (nSPS) is 19.6. The zero-order valence-electron chi connectivity index (χ0n) is 18.5. The summed E-state index contributed by atoms with van der Waals surface area (Å²) in [5.74, 6) is 1.33. The van der Waals surface area contributed by atoms with Crippen molar-refractivity contribution >= 4 is 23.0 Å². The van der Waals surface area contributed by atoms with Gasteiger partial charge in [-0.2, -0.15) is 0 Å². The average molecular weight is 444 g/mol. The van der Waals surface area contributed by atoms with E-state index < -0.39 is 6.04 Å². The molecule has 1 aromatic heterocycles. The van der Waals surface area contributed by atoms with E-state index in [1.165, 1.54) is 0 Å². The van der Waals surface area contributed by atoms with Crippen molar-refractivity contribution in [1.82, 2.24) is 9.55 Å². The number of fused-ring (bicyclic) bond motifs is 1. The van der Waals surface area contributed by atoms with Gasteiger partial charge in [-0.05, 0) is 18.1 Å². The standard InChI is InChI=1S/C25H25N5O3/c1-32-18-12-17(13-19(14-18)33-2)30-22(7-9-29-10-8-27-15-29)24(31)23(25(30)26)21-11-16-5-3-4-6-20(16)28-21/h3-6,8,10,12-15,22,26,28H,7,9,11H2,1-2H3. The van der Waals surface area contributed by atoms with Gasteiger partial charge in [0.15, 0.2) is 5.78 Å². The number of allylic oxidation sites excluding steroid dienone is 1. The quantitative estimate of drug-likeness (QED) is 0.565. The number of imidazole rings is 1. The second-order valence-electron chi connectivity index (χ2n) is 8.07. The maximum absolute atomic E-state index is 13.7. The number of nitrogens with zero attached hydrogens (tertiary/aromatic N) is 3. The number of nitrogens with one attached hydrogen (secondary N) is 2. The lowest BCUT2D eigenvalue weighted by molar-refractivity contribution is -0.115. The van der Waals surface area contributed by atoms with Gasteiger partial charge >= 0.3 is 0 Å². The third kappa shape index (κ3) is 3.73. The van der Waals surface area contributed by atoms with E-state index in [4.69, 9.17) is 14.9 Å². The molecule has 2 N–H and O–H groups in total. The van der Waals surface area contributed by atoms with Gasteiger partial charge in [0.1, 0.15) is 23.4 Å². The third-order valence-electron chi connectivity index (χ3n) is 6.14. The van der Waals surface area contributed by atoms with E-state index in [2.05, 4.69) is 10.3 Å². The summed E-state index contributed by atoms with van der Waals surface area (Å²) in [6, 6.07) is 12.9. The van der Waals surface area contributed by atoms with Gasteiger partial charge in [0.05, 0.1) is 31.8 Å². The Labute approximate surface area is 192 Å². The van der Waals surface area contributed by atoms with Crippen LogP contribution in [0.2, 0.25) is 0 Å². The smallest absolute Gasteiger partial charge is 0.191 e. The van der Waals surface area contributed by atoms with Crippen molar-refractivity contribution in [1.29, 1.82) is 5.41 Å². The first-order valence-electron chi connectivity index (χ1n) is 10.8. The molecule has 0 spiro atoms. The minimum absolute atomic E-state index is 0.0581. The molecule has 1 fully saturated rings. The predicted molar refractivity (Wildman–Crippen MR) is 126 cm³/mol. The van der Waals surface area contributed by atoms with Gasteiger partial charge in [-0.15, -0.1) is 0 Å². The Morgan fingerprint density at radius 2 is 1.91 bits per heavy atom. The number of carbonyl (C=O) groups is 1. The van der Waals surface area contributed by atoms with Crippen LogP contribution in [0, 0.1) is 5.41 Å². The fraction of sp³-hybridized carbons (Fsp3) is 0.240. The summed E-state index contributed by atoms with van der Waals surface area (Å²) >= 11 is 0. The van der Waals surface area contributed by atoms with Crippen LogP contribution in [-0.2, 0) is 17.8 Å². The van der Waals surface area contributed by atoms with Gasteiger partial charge in [-0.3, -0.25) is 10.2 Å². The molecule has 0 aliphatic carbocycles. The number of ketones is 1. The van der Waals surface area contributed by atoms with Crippen molar-refractivity contribution in [2.75, 3.05) is 24.4 Å². The minimum atomic E-state index is -0.523. The lowest BCUT2D eigenvalue weighted by Gasteiger charge is -2.26. The summed E-state index contributed by atoms with van der Waals surface area (Å²) in [5.41, 5.74) is 4.00. The summed E-state index contributed by atoms with van der Waals surface area (Å²) in [7, 11) is 3.17. The number of anilines is 2. The largest absolute Gasteiger partial charge is 0.497 e. The minimum Gasteiger partial charge on any atom is -0.497 e. The molecule has 8 heteroatoms. The van der Waals surface area contributed by atoms with E-state index in [0.29, 0.717) is 42.1 Å². The molecule has 2 aliphatic rings. The Kier molecular flexibility index (Phi) is 5.34. The molecule has 5 rings (SSSR count). The Morgan fingerprint density at radius 3 is 2.58 bits per heavy atom. The molecule has 0 radical (unpaired) electrons. The summed E-state index contributed by atoms with van der Waals surface area (Å²) in [4.78, 5) is 19.6. The highest BCUT2D eigenvalue weighted by Gasteiger charge is 2.43. The van der Waals surface area contributed by atoms with Crippen LogP contribution in [0.5, 0.6) is 11.5 Å². The van der Waals surface area contributed by atoms with Crippen LogP contribution in [0.25, 0.3) is 0 Å². The molecule has 2 aromatic carbocycles. The number of Topliss-reactive ketones (excluding diaryl/α,β-unsaturated/α-hetero) is 1. The molecule has 1 saturated heterocycles. The molecule has 8 nitrogen and oxygen atoms in total. The van der Waals surface area contributed by atoms with Gasteiger partial charge in [-0.25, -0.2) is 4.98 Å². The average Bonchev–Trinajstić information content (AvgIpc) is 3.55. The van der Waals surface area contributed by atoms with Gasteiger partial charge in [0.25, 0.3) is 0 Å². The number of rotatable bonds is 6. The lowest BCUT2D eigenvalue weighted by Crippen LogP contribution is -2.36. The molecule has 168 valence electrons. The summed E-state index contributed by atoms with van der Waals surface area (Å²) in [6.45, 7) is 0.609. The number of methoxy groups -OCH3 is 2. The number of carbonyl (C=O) groups excluding carboxylic acids is 1. The molecule has 33 heavy (non-hydrogen) atoms. The Balaban J connectivity index is 1.56. The van der Waals surface area contributed by atoms with Crippen molar-refractivity contribution in [2.45, 2.75) is 25.4 Å². The van der Waals surface area contributed by atoms with Crippen molar-refractivity contribution in [2.24, 2.45) is 0 Å². The number of ether oxygens (including phenoxy) is 2. The summed E-state index contributed by atoms with van der Waals surface area (Å²) < 4.78 is 12.8. The van der Waals surface area contributed by atoms with E-state index in [1.54, 1.807) is 37.7 Å². The molecular formula is C25H25N5O3. The van der Waals surface area contributed by atoms with Crippen LogP contribution in [0.15, 0.2) is 72.5 Å². The predicted octanol–water partition coefficient (Wildman–Crippen LogP) is 3.65. The number of para-hydroxylation sites is 1. The van der Waals surface area contributed by atoms with Crippen molar-refractivity contribution in [3.63, 3.8) is 0 Å². The van der Waals surface area contributed by atoms with E-state index in [0.717, 1.165) is 16.9 Å².